The van der Waals surface area contributed by atoms with Crippen molar-refractivity contribution in [1.82, 2.24) is 9.88 Å². The summed E-state index contributed by atoms with van der Waals surface area (Å²) < 4.78 is 13.0. The zero-order valence-electron chi connectivity index (χ0n) is 12.9. The molecule has 1 N–H and O–H groups in total. The molecule has 4 nitrogen and oxygen atoms in total. The Morgan fingerprint density at radius 3 is 2.57 bits per heavy atom. The Morgan fingerprint density at radius 1 is 1.13 bits per heavy atom. The van der Waals surface area contributed by atoms with Crippen molar-refractivity contribution in [2.24, 2.45) is 5.92 Å². The van der Waals surface area contributed by atoms with Gasteiger partial charge in [0.25, 0.3) is 5.91 Å². The van der Waals surface area contributed by atoms with Gasteiger partial charge in [-0.15, -0.1) is 0 Å². The molecule has 0 aliphatic carbocycles. The van der Waals surface area contributed by atoms with E-state index in [0.29, 0.717) is 11.7 Å². The van der Waals surface area contributed by atoms with Crippen LogP contribution in [0.15, 0.2) is 48.5 Å². The summed E-state index contributed by atoms with van der Waals surface area (Å²) in [7, 11) is 0. The highest BCUT2D eigenvalue weighted by molar-refractivity contribution is 5.94. The second kappa shape index (κ2) is 7.22. The number of aromatic nitrogens is 1. The summed E-state index contributed by atoms with van der Waals surface area (Å²) in [6.07, 6.45) is 1.89. The Morgan fingerprint density at radius 2 is 1.87 bits per heavy atom. The molecule has 1 fully saturated rings. The van der Waals surface area contributed by atoms with Crippen LogP contribution in [-0.4, -0.2) is 35.4 Å². The summed E-state index contributed by atoms with van der Waals surface area (Å²) in [5, 5.41) is 3.18. The normalized spacial score (nSPS) is 15.4. The molecular weight excluding hydrogens is 293 g/mol. The Bertz CT molecular complexity index is 654. The van der Waals surface area contributed by atoms with E-state index in [4.69, 9.17) is 0 Å². The van der Waals surface area contributed by atoms with Gasteiger partial charge in [-0.3, -0.25) is 4.79 Å². The van der Waals surface area contributed by atoms with Crippen molar-refractivity contribution in [2.45, 2.75) is 12.8 Å². The molecule has 0 bridgehead atoms. The van der Waals surface area contributed by atoms with Gasteiger partial charge >= 0.3 is 0 Å². The number of hydrogen-bond donors (Lipinski definition) is 1. The molecule has 1 aromatic carbocycles. The van der Waals surface area contributed by atoms with E-state index in [0.717, 1.165) is 38.0 Å². The van der Waals surface area contributed by atoms with Crippen molar-refractivity contribution >= 4 is 11.7 Å². The Kier molecular flexibility index (Phi) is 4.86. The number of benzene rings is 1. The average Bonchev–Trinajstić information content (AvgIpc) is 2.61. The number of carbonyl (C=O) groups excluding carboxylic acids is 1. The van der Waals surface area contributed by atoms with Gasteiger partial charge in [-0.1, -0.05) is 24.3 Å². The van der Waals surface area contributed by atoms with Crippen molar-refractivity contribution in [2.75, 3.05) is 25.0 Å². The first-order valence-corrected chi connectivity index (χ1v) is 7.93. The summed E-state index contributed by atoms with van der Waals surface area (Å²) in [4.78, 5) is 18.1. The number of rotatable bonds is 4. The minimum absolute atomic E-state index is 0.101. The maximum Gasteiger partial charge on any atom is 0.253 e. The van der Waals surface area contributed by atoms with Gasteiger partial charge in [-0.25, -0.2) is 4.98 Å². The monoisotopic (exact) mass is 313 g/mol. The van der Waals surface area contributed by atoms with Gasteiger partial charge in [-0.05, 0) is 43.0 Å². The number of nitrogens with one attached hydrogen (secondary N) is 1. The lowest BCUT2D eigenvalue weighted by Crippen LogP contribution is -2.39. The lowest BCUT2D eigenvalue weighted by molar-refractivity contribution is 0.0695. The number of hydrogen-bond acceptors (Lipinski definition) is 3. The van der Waals surface area contributed by atoms with Crippen LogP contribution in [0.2, 0.25) is 0 Å². The Labute approximate surface area is 135 Å². The maximum atomic E-state index is 13.0. The predicted molar refractivity (Wildman–Crippen MR) is 87.8 cm³/mol. The van der Waals surface area contributed by atoms with Crippen molar-refractivity contribution in [3.05, 3.63) is 60.0 Å². The van der Waals surface area contributed by atoms with E-state index < -0.39 is 5.95 Å². The van der Waals surface area contributed by atoms with E-state index in [-0.39, 0.29) is 5.91 Å². The third-order valence-corrected chi connectivity index (χ3v) is 4.21. The molecule has 0 spiro atoms. The van der Waals surface area contributed by atoms with Gasteiger partial charge in [0.1, 0.15) is 5.82 Å². The smallest absolute Gasteiger partial charge is 0.253 e. The summed E-state index contributed by atoms with van der Waals surface area (Å²) in [5.74, 6) is 0.662. The van der Waals surface area contributed by atoms with Crippen LogP contribution in [0.5, 0.6) is 0 Å². The highest BCUT2D eigenvalue weighted by Crippen LogP contribution is 2.19. The number of anilines is 1. The van der Waals surface area contributed by atoms with Crippen molar-refractivity contribution in [3.8, 4) is 0 Å². The molecule has 2 heterocycles. The van der Waals surface area contributed by atoms with Gasteiger partial charge in [0.2, 0.25) is 5.95 Å². The summed E-state index contributed by atoms with van der Waals surface area (Å²) >= 11 is 0. The van der Waals surface area contributed by atoms with Crippen LogP contribution < -0.4 is 5.32 Å². The predicted octanol–water partition coefficient (Wildman–Crippen LogP) is 3.19. The summed E-state index contributed by atoms with van der Waals surface area (Å²) in [6, 6.07) is 14.1. The minimum atomic E-state index is -0.474. The third kappa shape index (κ3) is 4.06. The van der Waals surface area contributed by atoms with E-state index >= 15 is 0 Å². The molecule has 1 aromatic heterocycles. The molecule has 2 aromatic rings. The van der Waals surface area contributed by atoms with Crippen LogP contribution in [0.4, 0.5) is 10.2 Å². The second-order valence-electron chi connectivity index (χ2n) is 5.83. The molecule has 1 aliphatic heterocycles. The first-order chi connectivity index (χ1) is 11.2. The van der Waals surface area contributed by atoms with Crippen molar-refractivity contribution in [3.63, 3.8) is 0 Å². The molecule has 3 rings (SSSR count). The molecule has 0 unspecified atom stereocenters. The lowest BCUT2D eigenvalue weighted by Gasteiger charge is -2.32. The standard InChI is InChI=1S/C18H20FN3O/c19-16-7-4-8-17(21-16)20-13-14-9-11-22(12-10-14)18(23)15-5-2-1-3-6-15/h1-8,14H,9-13H2,(H,20,21). The van der Waals surface area contributed by atoms with Crippen molar-refractivity contribution in [1.29, 1.82) is 0 Å². The van der Waals surface area contributed by atoms with E-state index in [9.17, 15) is 9.18 Å². The van der Waals surface area contributed by atoms with Crippen LogP contribution >= 0.6 is 0 Å². The number of likely N-dealkylation sites (tertiary alicyclic amines) is 1. The molecule has 23 heavy (non-hydrogen) atoms. The van der Waals surface area contributed by atoms with E-state index in [1.165, 1.54) is 6.07 Å². The number of halogens is 1. The van der Waals surface area contributed by atoms with Crippen LogP contribution in [0.1, 0.15) is 23.2 Å². The SMILES string of the molecule is O=C(c1ccccc1)N1CCC(CNc2cccc(F)n2)CC1. The number of carbonyl (C=O) groups is 1. The molecule has 1 saturated heterocycles. The highest BCUT2D eigenvalue weighted by atomic mass is 19.1. The lowest BCUT2D eigenvalue weighted by atomic mass is 9.96. The van der Waals surface area contributed by atoms with E-state index in [2.05, 4.69) is 10.3 Å². The van der Waals surface area contributed by atoms with Gasteiger partial charge in [-0.2, -0.15) is 4.39 Å². The third-order valence-electron chi connectivity index (χ3n) is 4.21. The van der Waals surface area contributed by atoms with Crippen LogP contribution in [0, 0.1) is 11.9 Å². The molecule has 5 heteroatoms. The molecule has 1 amide bonds. The maximum absolute atomic E-state index is 13.0. The summed E-state index contributed by atoms with van der Waals surface area (Å²) in [6.45, 7) is 2.27. The summed E-state index contributed by atoms with van der Waals surface area (Å²) in [5.41, 5.74) is 0.744. The Balaban J connectivity index is 1.48. The Hall–Kier alpha value is -2.43. The zero-order chi connectivity index (χ0) is 16.1. The fourth-order valence-corrected chi connectivity index (χ4v) is 2.86. The van der Waals surface area contributed by atoms with Crippen molar-refractivity contribution < 1.29 is 9.18 Å². The fraction of sp³-hybridized carbons (Fsp3) is 0.333. The number of nitrogens with zero attached hydrogens (tertiary/aromatic N) is 2. The van der Waals surface area contributed by atoms with Gasteiger partial charge in [0.05, 0.1) is 0 Å². The number of pyridine rings is 1. The zero-order valence-corrected chi connectivity index (χ0v) is 12.9. The fourth-order valence-electron chi connectivity index (χ4n) is 2.86. The van der Waals surface area contributed by atoms with E-state index in [1.807, 2.05) is 35.2 Å². The molecule has 0 atom stereocenters. The first-order valence-electron chi connectivity index (χ1n) is 7.93. The van der Waals surface area contributed by atoms with Gasteiger partial charge in [0.15, 0.2) is 0 Å². The first kappa shape index (κ1) is 15.5. The van der Waals surface area contributed by atoms with Crippen LogP contribution in [0.25, 0.3) is 0 Å². The van der Waals surface area contributed by atoms with E-state index in [1.54, 1.807) is 12.1 Å². The van der Waals surface area contributed by atoms with Gasteiger partial charge in [0, 0.05) is 25.2 Å². The van der Waals surface area contributed by atoms with Crippen LogP contribution in [-0.2, 0) is 0 Å². The quantitative estimate of drug-likeness (QED) is 0.882. The second-order valence-corrected chi connectivity index (χ2v) is 5.83. The molecular formula is C18H20FN3O. The molecule has 120 valence electrons. The number of piperidine rings is 1. The molecule has 0 radical (unpaired) electrons. The van der Waals surface area contributed by atoms with Crippen LogP contribution in [0.3, 0.4) is 0 Å². The van der Waals surface area contributed by atoms with Gasteiger partial charge < -0.3 is 10.2 Å². The number of amides is 1. The minimum Gasteiger partial charge on any atom is -0.370 e. The largest absolute Gasteiger partial charge is 0.370 e. The highest BCUT2D eigenvalue weighted by Gasteiger charge is 2.23. The molecule has 0 saturated carbocycles. The molecule has 1 aliphatic rings. The average molecular weight is 313 g/mol. The topological polar surface area (TPSA) is 45.2 Å².